The maximum atomic E-state index is 12.5. The van der Waals surface area contributed by atoms with Gasteiger partial charge in [0.2, 0.25) is 0 Å². The summed E-state index contributed by atoms with van der Waals surface area (Å²) >= 11 is 0. The molecule has 0 saturated carbocycles. The van der Waals surface area contributed by atoms with Crippen LogP contribution in [-0.4, -0.2) is 39.1 Å². The molecule has 2 rings (SSSR count). The lowest BCUT2D eigenvalue weighted by atomic mass is 9.99. The van der Waals surface area contributed by atoms with Crippen LogP contribution in [0.3, 0.4) is 0 Å². The highest BCUT2D eigenvalue weighted by Crippen LogP contribution is 2.25. The Hall–Kier alpha value is -2.25. The number of benzene rings is 2. The summed E-state index contributed by atoms with van der Waals surface area (Å²) in [6, 6.07) is 13.2. The summed E-state index contributed by atoms with van der Waals surface area (Å²) in [6.07, 6.45) is 2.42. The molecule has 1 unspecified atom stereocenters. The number of unbranched alkanes of at least 4 members (excludes halogenated alkanes) is 1. The normalized spacial score (nSPS) is 12.6. The Morgan fingerprint density at radius 2 is 1.76 bits per heavy atom. The summed E-state index contributed by atoms with van der Waals surface area (Å²) in [4.78, 5) is 12.5. The van der Waals surface area contributed by atoms with Gasteiger partial charge in [0.25, 0.3) is 0 Å². The molecule has 0 fully saturated rings. The number of carbonyl (C=O) groups excluding carboxylic acids is 1. The number of carbonyl (C=O) groups is 1. The van der Waals surface area contributed by atoms with Crippen molar-refractivity contribution in [2.24, 2.45) is 0 Å². The number of ether oxygens (including phenoxy) is 1. The van der Waals surface area contributed by atoms with Crippen molar-refractivity contribution in [1.82, 2.24) is 0 Å². The van der Waals surface area contributed by atoms with Gasteiger partial charge in [0, 0.05) is 18.6 Å². The van der Waals surface area contributed by atoms with E-state index in [4.69, 9.17) is 9.84 Å². The van der Waals surface area contributed by atoms with Crippen LogP contribution in [0.2, 0.25) is 0 Å². The number of esters is 1. The molecule has 0 aliphatic carbocycles. The largest absolute Gasteiger partial charge is 0.423 e. The third kappa shape index (κ3) is 6.94. The molecule has 0 bridgehead atoms. The zero-order valence-corrected chi connectivity index (χ0v) is 16.8. The lowest BCUT2D eigenvalue weighted by Crippen LogP contribution is -2.24. The molecule has 158 valence electrons. The average molecular weight is 402 g/mol. The van der Waals surface area contributed by atoms with E-state index in [9.17, 15) is 20.1 Å². The summed E-state index contributed by atoms with van der Waals surface area (Å²) in [7, 11) is 0. The second-order valence-corrected chi connectivity index (χ2v) is 7.20. The lowest BCUT2D eigenvalue weighted by Gasteiger charge is -2.22. The van der Waals surface area contributed by atoms with E-state index in [2.05, 4.69) is 0 Å². The van der Waals surface area contributed by atoms with Gasteiger partial charge >= 0.3 is 5.97 Å². The molecular weight excluding hydrogens is 372 g/mol. The monoisotopic (exact) mass is 402 g/mol. The summed E-state index contributed by atoms with van der Waals surface area (Å²) < 4.78 is 5.52. The minimum absolute atomic E-state index is 0.0742. The molecular formula is C23H30O6. The Balaban J connectivity index is 2.05. The van der Waals surface area contributed by atoms with E-state index < -0.39 is 17.9 Å². The molecule has 4 N–H and O–H groups in total. The first-order chi connectivity index (χ1) is 13.9. The Kier molecular flexibility index (Phi) is 8.79. The number of hydrogen-bond donors (Lipinski definition) is 4. The van der Waals surface area contributed by atoms with Gasteiger partial charge in [-0.2, -0.15) is 0 Å². The number of aliphatic hydroxyl groups excluding tert-OH is 2. The van der Waals surface area contributed by atoms with Crippen LogP contribution in [0.5, 0.6) is 5.75 Å². The number of rotatable bonds is 11. The highest BCUT2D eigenvalue weighted by atomic mass is 16.5. The van der Waals surface area contributed by atoms with Crippen LogP contribution in [0.25, 0.3) is 0 Å². The van der Waals surface area contributed by atoms with Crippen molar-refractivity contribution in [2.75, 3.05) is 6.61 Å². The quantitative estimate of drug-likeness (QED) is 0.262. The number of aryl methyl sites for hydroxylation is 1. The highest BCUT2D eigenvalue weighted by Gasteiger charge is 2.25. The van der Waals surface area contributed by atoms with Gasteiger partial charge in [-0.1, -0.05) is 43.7 Å². The molecule has 0 spiro atoms. The SMILES string of the molecule is CCCCC(O)(O)c1ccc(C(=O)Oc2ccccc2CCC(O)CCO)cc1. The molecule has 1 atom stereocenters. The zero-order chi connectivity index (χ0) is 21.3. The van der Waals surface area contributed by atoms with Crippen molar-refractivity contribution in [3.8, 4) is 5.75 Å². The zero-order valence-electron chi connectivity index (χ0n) is 16.8. The molecule has 0 aromatic heterocycles. The summed E-state index contributed by atoms with van der Waals surface area (Å²) in [5.41, 5.74) is 1.43. The van der Waals surface area contributed by atoms with Gasteiger partial charge in [-0.15, -0.1) is 0 Å². The van der Waals surface area contributed by atoms with Crippen molar-refractivity contribution in [2.45, 2.75) is 57.3 Å². The fourth-order valence-electron chi connectivity index (χ4n) is 3.03. The summed E-state index contributed by atoms with van der Waals surface area (Å²) in [5, 5.41) is 39.0. The third-order valence-electron chi connectivity index (χ3n) is 4.85. The van der Waals surface area contributed by atoms with E-state index in [0.29, 0.717) is 42.6 Å². The standard InChI is InChI=1S/C23H30O6/c1-2-3-15-23(27,28)19-11-8-18(9-12-19)22(26)29-21-7-5-4-6-17(21)10-13-20(25)14-16-24/h4-9,11-12,20,24-25,27-28H,2-3,10,13-16H2,1H3. The summed E-state index contributed by atoms with van der Waals surface area (Å²) in [6.45, 7) is 1.90. The smallest absolute Gasteiger partial charge is 0.343 e. The van der Waals surface area contributed by atoms with Crippen LogP contribution in [0.15, 0.2) is 48.5 Å². The van der Waals surface area contributed by atoms with Gasteiger partial charge in [-0.3, -0.25) is 0 Å². The summed E-state index contributed by atoms with van der Waals surface area (Å²) in [5.74, 6) is -2.05. The molecule has 0 amide bonds. The molecule has 29 heavy (non-hydrogen) atoms. The topological polar surface area (TPSA) is 107 Å². The van der Waals surface area contributed by atoms with Gasteiger partial charge < -0.3 is 25.2 Å². The molecule has 6 nitrogen and oxygen atoms in total. The first-order valence-electron chi connectivity index (χ1n) is 10.0. The minimum Gasteiger partial charge on any atom is -0.423 e. The van der Waals surface area contributed by atoms with Gasteiger partial charge in [0.05, 0.1) is 11.7 Å². The average Bonchev–Trinajstić information content (AvgIpc) is 2.72. The van der Waals surface area contributed by atoms with Crippen molar-refractivity contribution >= 4 is 5.97 Å². The van der Waals surface area contributed by atoms with Crippen molar-refractivity contribution in [3.05, 3.63) is 65.2 Å². The number of aliphatic hydroxyl groups is 4. The van der Waals surface area contributed by atoms with Gasteiger partial charge in [0.15, 0.2) is 5.79 Å². The maximum Gasteiger partial charge on any atom is 0.343 e. The molecule has 0 saturated heterocycles. The van der Waals surface area contributed by atoms with Crippen molar-refractivity contribution in [3.63, 3.8) is 0 Å². The lowest BCUT2D eigenvalue weighted by molar-refractivity contribution is -0.175. The van der Waals surface area contributed by atoms with Crippen LogP contribution >= 0.6 is 0 Å². The first-order valence-corrected chi connectivity index (χ1v) is 10.0. The molecule has 0 aliphatic rings. The second kappa shape index (κ2) is 11.1. The van der Waals surface area contributed by atoms with Gasteiger partial charge in [-0.25, -0.2) is 4.79 Å². The van der Waals surface area contributed by atoms with E-state index in [1.165, 1.54) is 24.3 Å². The second-order valence-electron chi connectivity index (χ2n) is 7.20. The number of hydrogen-bond acceptors (Lipinski definition) is 6. The van der Waals surface area contributed by atoms with Crippen LogP contribution in [0.1, 0.15) is 60.5 Å². The van der Waals surface area contributed by atoms with E-state index in [1.807, 2.05) is 19.1 Å². The molecule has 0 aliphatic heterocycles. The highest BCUT2D eigenvalue weighted by molar-refractivity contribution is 5.91. The van der Waals surface area contributed by atoms with Gasteiger partial charge in [0.1, 0.15) is 5.75 Å². The fraction of sp³-hybridized carbons (Fsp3) is 0.435. The van der Waals surface area contributed by atoms with Crippen LogP contribution < -0.4 is 4.74 Å². The molecule has 0 heterocycles. The number of para-hydroxylation sites is 1. The Morgan fingerprint density at radius 3 is 2.41 bits per heavy atom. The molecule has 0 radical (unpaired) electrons. The van der Waals surface area contributed by atoms with Crippen LogP contribution in [0, 0.1) is 0 Å². The predicted octanol–water partition coefficient (Wildman–Crippen LogP) is 2.91. The van der Waals surface area contributed by atoms with Crippen molar-refractivity contribution < 1.29 is 30.0 Å². The molecule has 2 aromatic rings. The molecule has 6 heteroatoms. The Bertz CT molecular complexity index is 769. The fourth-order valence-corrected chi connectivity index (χ4v) is 3.03. The first kappa shape index (κ1) is 23.0. The van der Waals surface area contributed by atoms with Crippen LogP contribution in [-0.2, 0) is 12.2 Å². The van der Waals surface area contributed by atoms with Crippen LogP contribution in [0.4, 0.5) is 0 Å². The predicted molar refractivity (Wildman–Crippen MR) is 110 cm³/mol. The maximum absolute atomic E-state index is 12.5. The molecule has 2 aromatic carbocycles. The minimum atomic E-state index is -1.92. The van der Waals surface area contributed by atoms with Crippen molar-refractivity contribution in [1.29, 1.82) is 0 Å². The Labute approximate surface area is 171 Å². The Morgan fingerprint density at radius 1 is 1.07 bits per heavy atom. The van der Waals surface area contributed by atoms with E-state index in [1.54, 1.807) is 12.1 Å². The van der Waals surface area contributed by atoms with E-state index in [-0.39, 0.29) is 13.0 Å². The van der Waals surface area contributed by atoms with Gasteiger partial charge in [-0.05, 0) is 49.4 Å². The van der Waals surface area contributed by atoms with E-state index >= 15 is 0 Å². The van der Waals surface area contributed by atoms with E-state index in [0.717, 1.165) is 12.0 Å². The third-order valence-corrected chi connectivity index (χ3v) is 4.85.